The van der Waals surface area contributed by atoms with Gasteiger partial charge in [0.1, 0.15) is 23.8 Å². The van der Waals surface area contributed by atoms with E-state index in [1.54, 1.807) is 12.1 Å². The smallest absolute Gasteiger partial charge is 0.222 e. The predicted molar refractivity (Wildman–Crippen MR) is 86.6 cm³/mol. The Labute approximate surface area is 140 Å². The number of imidazole rings is 1. The number of carbonyl (C=O) groups is 1. The lowest BCUT2D eigenvalue weighted by molar-refractivity contribution is -0.132. The lowest BCUT2D eigenvalue weighted by Crippen LogP contribution is -2.45. The molecule has 1 saturated heterocycles. The van der Waals surface area contributed by atoms with Crippen LogP contribution >= 0.6 is 0 Å². The van der Waals surface area contributed by atoms with E-state index in [2.05, 4.69) is 9.55 Å². The number of amides is 1. The second-order valence-electron chi connectivity index (χ2n) is 6.54. The Morgan fingerprint density at radius 3 is 2.88 bits per heavy atom. The first kappa shape index (κ1) is 15.3. The molecule has 1 aromatic carbocycles. The number of hydrogen-bond donors (Lipinski definition) is 0. The fourth-order valence-corrected chi connectivity index (χ4v) is 3.64. The standard InChI is InChI=1S/C18H20FN3O2/c1-2-17(23)21-8-7-18(11-21)12-22-15(9-20-16(22)10-24-18)13-3-5-14(19)6-4-13/h3-6,9H,2,7-8,10-12H2,1H3. The third-order valence-electron chi connectivity index (χ3n) is 5.00. The van der Waals surface area contributed by atoms with Crippen LogP contribution in [-0.2, 0) is 22.7 Å². The minimum absolute atomic E-state index is 0.172. The molecular weight excluding hydrogens is 309 g/mol. The van der Waals surface area contributed by atoms with Crippen LogP contribution in [0.2, 0.25) is 0 Å². The van der Waals surface area contributed by atoms with Gasteiger partial charge < -0.3 is 14.2 Å². The van der Waals surface area contributed by atoms with Gasteiger partial charge in [0, 0.05) is 13.0 Å². The monoisotopic (exact) mass is 329 g/mol. The Morgan fingerprint density at radius 2 is 2.12 bits per heavy atom. The highest BCUT2D eigenvalue weighted by molar-refractivity contribution is 5.76. The van der Waals surface area contributed by atoms with Crippen molar-refractivity contribution >= 4 is 5.91 Å². The zero-order valence-electron chi connectivity index (χ0n) is 13.7. The molecule has 4 rings (SSSR count). The molecular formula is C18H20FN3O2. The molecule has 0 radical (unpaired) electrons. The Kier molecular flexibility index (Phi) is 3.64. The van der Waals surface area contributed by atoms with Gasteiger partial charge in [0.25, 0.3) is 0 Å². The van der Waals surface area contributed by atoms with Crippen LogP contribution in [0.3, 0.4) is 0 Å². The molecule has 1 fully saturated rings. The molecule has 1 amide bonds. The van der Waals surface area contributed by atoms with Gasteiger partial charge in [0.2, 0.25) is 5.91 Å². The van der Waals surface area contributed by atoms with Crippen LogP contribution < -0.4 is 0 Å². The minimum Gasteiger partial charge on any atom is -0.363 e. The summed E-state index contributed by atoms with van der Waals surface area (Å²) in [7, 11) is 0. The van der Waals surface area contributed by atoms with E-state index >= 15 is 0 Å². The molecule has 0 saturated carbocycles. The van der Waals surface area contributed by atoms with Crippen LogP contribution in [0.25, 0.3) is 11.3 Å². The quantitative estimate of drug-likeness (QED) is 0.851. The van der Waals surface area contributed by atoms with E-state index in [4.69, 9.17) is 4.74 Å². The molecule has 1 spiro atoms. The zero-order valence-corrected chi connectivity index (χ0v) is 13.7. The topological polar surface area (TPSA) is 47.4 Å². The van der Waals surface area contributed by atoms with Crippen molar-refractivity contribution in [2.24, 2.45) is 0 Å². The lowest BCUT2D eigenvalue weighted by atomic mass is 10.0. The SMILES string of the molecule is CCC(=O)N1CCC2(C1)Cn1c(-c3ccc(F)cc3)cnc1CO2. The van der Waals surface area contributed by atoms with Crippen molar-refractivity contribution in [1.82, 2.24) is 14.5 Å². The zero-order chi connectivity index (χ0) is 16.7. The van der Waals surface area contributed by atoms with E-state index in [9.17, 15) is 9.18 Å². The molecule has 24 heavy (non-hydrogen) atoms. The fourth-order valence-electron chi connectivity index (χ4n) is 3.64. The van der Waals surface area contributed by atoms with Crippen LogP contribution in [0.5, 0.6) is 0 Å². The number of fused-ring (bicyclic) bond motifs is 1. The third kappa shape index (κ3) is 2.51. The molecule has 2 aromatic rings. The first-order valence-corrected chi connectivity index (χ1v) is 8.32. The number of carbonyl (C=O) groups excluding carboxylic acids is 1. The second-order valence-corrected chi connectivity index (χ2v) is 6.54. The summed E-state index contributed by atoms with van der Waals surface area (Å²) in [5.41, 5.74) is 1.56. The van der Waals surface area contributed by atoms with E-state index in [0.717, 1.165) is 30.0 Å². The summed E-state index contributed by atoms with van der Waals surface area (Å²) in [5, 5.41) is 0. The summed E-state index contributed by atoms with van der Waals surface area (Å²) in [6.07, 6.45) is 3.17. The largest absolute Gasteiger partial charge is 0.363 e. The number of rotatable bonds is 2. The first-order chi connectivity index (χ1) is 11.6. The number of likely N-dealkylation sites (tertiary alicyclic amines) is 1. The third-order valence-corrected chi connectivity index (χ3v) is 5.00. The van der Waals surface area contributed by atoms with E-state index < -0.39 is 0 Å². The predicted octanol–water partition coefficient (Wildman–Crippen LogP) is 2.60. The van der Waals surface area contributed by atoms with Gasteiger partial charge in [0.05, 0.1) is 25.0 Å². The van der Waals surface area contributed by atoms with Gasteiger partial charge in [-0.15, -0.1) is 0 Å². The summed E-state index contributed by atoms with van der Waals surface area (Å²) in [4.78, 5) is 18.3. The van der Waals surface area contributed by atoms with Crippen LogP contribution in [0.1, 0.15) is 25.6 Å². The second kappa shape index (κ2) is 5.70. The van der Waals surface area contributed by atoms with Gasteiger partial charge >= 0.3 is 0 Å². The highest BCUT2D eigenvalue weighted by Crippen LogP contribution is 2.35. The van der Waals surface area contributed by atoms with Crippen molar-refractivity contribution in [1.29, 1.82) is 0 Å². The maximum atomic E-state index is 13.2. The maximum Gasteiger partial charge on any atom is 0.222 e. The van der Waals surface area contributed by atoms with E-state index in [1.807, 2.05) is 18.0 Å². The van der Waals surface area contributed by atoms with Crippen LogP contribution in [0.15, 0.2) is 30.5 Å². The van der Waals surface area contributed by atoms with Crippen LogP contribution in [0.4, 0.5) is 4.39 Å². The van der Waals surface area contributed by atoms with Gasteiger partial charge in [-0.2, -0.15) is 0 Å². The van der Waals surface area contributed by atoms with Crippen LogP contribution in [-0.4, -0.2) is 39.0 Å². The van der Waals surface area contributed by atoms with Crippen molar-refractivity contribution in [2.75, 3.05) is 13.1 Å². The fraction of sp³-hybridized carbons (Fsp3) is 0.444. The average molecular weight is 329 g/mol. The molecule has 1 unspecified atom stereocenters. The summed E-state index contributed by atoms with van der Waals surface area (Å²) in [6, 6.07) is 6.45. The Morgan fingerprint density at radius 1 is 1.33 bits per heavy atom. The molecule has 0 aliphatic carbocycles. The van der Waals surface area contributed by atoms with Crippen molar-refractivity contribution < 1.29 is 13.9 Å². The number of halogens is 1. The minimum atomic E-state index is -0.340. The first-order valence-electron chi connectivity index (χ1n) is 8.32. The number of ether oxygens (including phenoxy) is 1. The number of benzene rings is 1. The number of nitrogens with zero attached hydrogens (tertiary/aromatic N) is 3. The van der Waals surface area contributed by atoms with Crippen molar-refractivity contribution in [3.63, 3.8) is 0 Å². The molecule has 0 N–H and O–H groups in total. The van der Waals surface area contributed by atoms with Crippen molar-refractivity contribution in [2.45, 2.75) is 38.5 Å². The molecule has 2 aliphatic heterocycles. The average Bonchev–Trinajstić information content (AvgIpc) is 3.20. The van der Waals surface area contributed by atoms with Crippen LogP contribution in [0, 0.1) is 5.82 Å². The summed E-state index contributed by atoms with van der Waals surface area (Å²) < 4.78 is 21.4. The summed E-state index contributed by atoms with van der Waals surface area (Å²) >= 11 is 0. The Hall–Kier alpha value is -2.21. The molecule has 126 valence electrons. The Bertz CT molecular complexity index is 771. The van der Waals surface area contributed by atoms with E-state index in [-0.39, 0.29) is 17.3 Å². The molecule has 3 heterocycles. The van der Waals surface area contributed by atoms with E-state index in [0.29, 0.717) is 26.1 Å². The van der Waals surface area contributed by atoms with Crippen molar-refractivity contribution in [3.8, 4) is 11.3 Å². The number of aromatic nitrogens is 2. The highest BCUT2D eigenvalue weighted by atomic mass is 19.1. The van der Waals surface area contributed by atoms with Gasteiger partial charge in [0.15, 0.2) is 0 Å². The number of hydrogen-bond acceptors (Lipinski definition) is 3. The van der Waals surface area contributed by atoms with Crippen molar-refractivity contribution in [3.05, 3.63) is 42.1 Å². The molecule has 6 heteroatoms. The van der Waals surface area contributed by atoms with Gasteiger partial charge in [-0.05, 0) is 36.2 Å². The molecule has 5 nitrogen and oxygen atoms in total. The maximum absolute atomic E-state index is 13.2. The normalized spacial score (nSPS) is 22.8. The molecule has 1 atom stereocenters. The highest BCUT2D eigenvalue weighted by Gasteiger charge is 2.44. The Balaban J connectivity index is 1.62. The lowest BCUT2D eigenvalue weighted by Gasteiger charge is -2.35. The molecule has 2 aliphatic rings. The van der Waals surface area contributed by atoms with E-state index in [1.165, 1.54) is 12.1 Å². The summed E-state index contributed by atoms with van der Waals surface area (Å²) in [5.74, 6) is 0.798. The van der Waals surface area contributed by atoms with Gasteiger partial charge in [-0.3, -0.25) is 4.79 Å². The molecule has 1 aromatic heterocycles. The van der Waals surface area contributed by atoms with Gasteiger partial charge in [-0.1, -0.05) is 6.92 Å². The summed E-state index contributed by atoms with van der Waals surface area (Å²) in [6.45, 7) is 4.36. The van der Waals surface area contributed by atoms with Gasteiger partial charge in [-0.25, -0.2) is 9.37 Å². The molecule has 0 bridgehead atoms.